The topological polar surface area (TPSA) is 96.9 Å². The molecule has 2 heterocycles. The number of fused-ring (bicyclic) bond motifs is 2. The SMILES string of the molecule is CC(C)[C@H](N=C1NS(=O)(=O)c2ccccc21)C(=O)N[C@@H]1CCOc2ccccc21. The highest BCUT2D eigenvalue weighted by Gasteiger charge is 2.33. The summed E-state index contributed by atoms with van der Waals surface area (Å²) in [4.78, 5) is 17.8. The number of ether oxygens (including phenoxy) is 1. The Morgan fingerprint density at radius 2 is 1.90 bits per heavy atom. The molecule has 0 saturated heterocycles. The number of benzene rings is 2. The molecule has 1 amide bonds. The van der Waals surface area contributed by atoms with Crippen LogP contribution < -0.4 is 14.8 Å². The second-order valence-corrected chi connectivity index (χ2v) is 9.16. The molecule has 0 radical (unpaired) electrons. The van der Waals surface area contributed by atoms with Gasteiger partial charge in [0.05, 0.1) is 17.5 Å². The van der Waals surface area contributed by atoms with E-state index in [1.807, 2.05) is 38.1 Å². The normalized spacial score (nSPS) is 21.6. The lowest BCUT2D eigenvalue weighted by Crippen LogP contribution is -2.41. The first-order chi connectivity index (χ1) is 13.9. The average Bonchev–Trinajstić information content (AvgIpc) is 2.96. The van der Waals surface area contributed by atoms with E-state index in [2.05, 4.69) is 15.0 Å². The third-order valence-corrected chi connectivity index (χ3v) is 6.50. The number of nitrogens with zero attached hydrogens (tertiary/aromatic N) is 1. The zero-order valence-corrected chi connectivity index (χ0v) is 17.1. The molecule has 2 aliphatic rings. The summed E-state index contributed by atoms with van der Waals surface area (Å²) < 4.78 is 32.8. The van der Waals surface area contributed by atoms with Crippen molar-refractivity contribution in [1.29, 1.82) is 0 Å². The van der Waals surface area contributed by atoms with Gasteiger partial charge in [0.15, 0.2) is 0 Å². The second-order valence-electron chi connectivity index (χ2n) is 7.50. The van der Waals surface area contributed by atoms with Gasteiger partial charge in [-0.15, -0.1) is 0 Å². The van der Waals surface area contributed by atoms with Crippen molar-refractivity contribution in [3.8, 4) is 5.75 Å². The number of rotatable bonds is 4. The molecule has 0 spiro atoms. The van der Waals surface area contributed by atoms with E-state index in [1.165, 1.54) is 6.07 Å². The van der Waals surface area contributed by atoms with Gasteiger partial charge in [-0.05, 0) is 24.1 Å². The Morgan fingerprint density at radius 3 is 2.69 bits per heavy atom. The molecule has 8 heteroatoms. The molecule has 29 heavy (non-hydrogen) atoms. The van der Waals surface area contributed by atoms with E-state index < -0.39 is 16.1 Å². The molecule has 2 aromatic carbocycles. The first kappa shape index (κ1) is 19.4. The van der Waals surface area contributed by atoms with Gasteiger partial charge >= 0.3 is 0 Å². The van der Waals surface area contributed by atoms with E-state index in [4.69, 9.17) is 4.74 Å². The maximum atomic E-state index is 13.1. The summed E-state index contributed by atoms with van der Waals surface area (Å²) in [6.07, 6.45) is 0.666. The van der Waals surface area contributed by atoms with Gasteiger partial charge in [-0.1, -0.05) is 44.2 Å². The van der Waals surface area contributed by atoms with Crippen molar-refractivity contribution in [1.82, 2.24) is 10.0 Å². The molecule has 2 aromatic rings. The summed E-state index contributed by atoms with van der Waals surface area (Å²) in [5.74, 6) is 0.628. The molecule has 0 fully saturated rings. The van der Waals surface area contributed by atoms with Crippen LogP contribution in [-0.4, -0.2) is 32.8 Å². The van der Waals surface area contributed by atoms with Crippen molar-refractivity contribution >= 4 is 21.8 Å². The van der Waals surface area contributed by atoms with E-state index in [0.29, 0.717) is 18.6 Å². The van der Waals surface area contributed by atoms with Crippen LogP contribution in [0.4, 0.5) is 0 Å². The third kappa shape index (κ3) is 3.72. The lowest BCUT2D eigenvalue weighted by atomic mass is 9.98. The Hall–Kier alpha value is -2.87. The first-order valence-electron chi connectivity index (χ1n) is 9.59. The highest BCUT2D eigenvalue weighted by atomic mass is 32.2. The minimum Gasteiger partial charge on any atom is -0.493 e. The Labute approximate surface area is 170 Å². The monoisotopic (exact) mass is 413 g/mol. The number of hydrogen-bond acceptors (Lipinski definition) is 5. The highest BCUT2D eigenvalue weighted by Crippen LogP contribution is 2.32. The summed E-state index contributed by atoms with van der Waals surface area (Å²) >= 11 is 0. The summed E-state index contributed by atoms with van der Waals surface area (Å²) in [6.45, 7) is 4.30. The van der Waals surface area contributed by atoms with E-state index in [0.717, 1.165) is 11.3 Å². The highest BCUT2D eigenvalue weighted by molar-refractivity contribution is 7.90. The number of hydrogen-bond donors (Lipinski definition) is 2. The Morgan fingerprint density at radius 1 is 1.17 bits per heavy atom. The molecule has 0 aliphatic carbocycles. The lowest BCUT2D eigenvalue weighted by molar-refractivity contribution is -0.124. The van der Waals surface area contributed by atoms with Crippen molar-refractivity contribution in [2.45, 2.75) is 37.2 Å². The van der Waals surface area contributed by atoms with Crippen molar-refractivity contribution in [2.24, 2.45) is 10.9 Å². The van der Waals surface area contributed by atoms with Gasteiger partial charge in [-0.2, -0.15) is 0 Å². The minimum atomic E-state index is -3.65. The molecule has 152 valence electrons. The summed E-state index contributed by atoms with van der Waals surface area (Å²) in [7, 11) is -3.65. The Balaban J connectivity index is 1.61. The maximum absolute atomic E-state index is 13.1. The van der Waals surface area contributed by atoms with Crippen LogP contribution >= 0.6 is 0 Å². The van der Waals surface area contributed by atoms with E-state index in [9.17, 15) is 13.2 Å². The van der Waals surface area contributed by atoms with Crippen LogP contribution in [0.25, 0.3) is 0 Å². The van der Waals surface area contributed by atoms with Crippen LogP contribution in [0.15, 0.2) is 58.4 Å². The predicted octanol–water partition coefficient (Wildman–Crippen LogP) is 2.39. The fourth-order valence-electron chi connectivity index (χ4n) is 3.63. The summed E-state index contributed by atoms with van der Waals surface area (Å²) in [6, 6.07) is 13.4. The summed E-state index contributed by atoms with van der Waals surface area (Å²) in [5, 5.41) is 3.07. The number of amides is 1. The minimum absolute atomic E-state index is 0.116. The quantitative estimate of drug-likeness (QED) is 0.804. The molecular weight excluding hydrogens is 390 g/mol. The van der Waals surface area contributed by atoms with E-state index in [1.54, 1.807) is 18.2 Å². The average molecular weight is 413 g/mol. The lowest BCUT2D eigenvalue weighted by Gasteiger charge is -2.28. The van der Waals surface area contributed by atoms with Crippen LogP contribution in [0, 0.1) is 5.92 Å². The van der Waals surface area contributed by atoms with Crippen molar-refractivity contribution < 1.29 is 17.9 Å². The van der Waals surface area contributed by atoms with Crippen molar-refractivity contribution in [2.75, 3.05) is 6.61 Å². The van der Waals surface area contributed by atoms with Gasteiger partial charge in [0.25, 0.3) is 10.0 Å². The number of aliphatic imine (C=N–C) groups is 1. The van der Waals surface area contributed by atoms with Crippen LogP contribution in [0.3, 0.4) is 0 Å². The molecule has 7 nitrogen and oxygen atoms in total. The van der Waals surface area contributed by atoms with Crippen LogP contribution in [-0.2, 0) is 14.8 Å². The number of carbonyl (C=O) groups excluding carboxylic acids is 1. The Kier molecular flexibility index (Phi) is 5.04. The van der Waals surface area contributed by atoms with Crippen LogP contribution in [0.5, 0.6) is 5.75 Å². The molecule has 0 bridgehead atoms. The predicted molar refractivity (Wildman–Crippen MR) is 109 cm³/mol. The molecule has 0 aromatic heterocycles. The number of para-hydroxylation sites is 1. The van der Waals surface area contributed by atoms with Crippen molar-refractivity contribution in [3.05, 3.63) is 59.7 Å². The molecule has 0 unspecified atom stereocenters. The molecular formula is C21H23N3O4S. The fraction of sp³-hybridized carbons (Fsp3) is 0.333. The van der Waals surface area contributed by atoms with Crippen molar-refractivity contribution in [3.63, 3.8) is 0 Å². The smallest absolute Gasteiger partial charge is 0.263 e. The van der Waals surface area contributed by atoms with Gasteiger partial charge in [0.2, 0.25) is 5.91 Å². The number of sulfonamides is 1. The standard InChI is InChI=1S/C21H23N3O4S/c1-13(2)19(23-20-15-8-4-6-10-18(15)29(26,27)24-20)21(25)22-16-11-12-28-17-9-5-3-7-14(16)17/h3-10,13,16,19H,11-12H2,1-2H3,(H,22,25)(H,23,24)/t16-,19+/m1/s1. The molecule has 2 atom stereocenters. The molecule has 4 rings (SSSR count). The van der Waals surface area contributed by atoms with E-state index in [-0.39, 0.29) is 28.6 Å². The third-order valence-electron chi connectivity index (χ3n) is 5.11. The van der Waals surface area contributed by atoms with Gasteiger partial charge in [-0.25, -0.2) is 8.42 Å². The van der Waals surface area contributed by atoms with Gasteiger partial charge in [0.1, 0.15) is 17.6 Å². The number of nitrogens with one attached hydrogen (secondary N) is 2. The van der Waals surface area contributed by atoms with Crippen LogP contribution in [0.1, 0.15) is 37.4 Å². The molecule has 2 aliphatic heterocycles. The number of carbonyl (C=O) groups is 1. The van der Waals surface area contributed by atoms with Gasteiger partial charge < -0.3 is 10.1 Å². The number of amidine groups is 1. The first-order valence-corrected chi connectivity index (χ1v) is 11.1. The summed E-state index contributed by atoms with van der Waals surface area (Å²) in [5.41, 5.74) is 1.43. The maximum Gasteiger partial charge on any atom is 0.263 e. The molecule has 2 N–H and O–H groups in total. The van der Waals surface area contributed by atoms with Gasteiger partial charge in [0, 0.05) is 17.5 Å². The molecule has 0 saturated carbocycles. The van der Waals surface area contributed by atoms with E-state index >= 15 is 0 Å². The fourth-order valence-corrected chi connectivity index (χ4v) is 4.87. The zero-order valence-electron chi connectivity index (χ0n) is 16.3. The zero-order chi connectivity index (χ0) is 20.6. The largest absolute Gasteiger partial charge is 0.493 e. The van der Waals surface area contributed by atoms with Gasteiger partial charge in [-0.3, -0.25) is 14.5 Å². The van der Waals surface area contributed by atoms with Crippen LogP contribution in [0.2, 0.25) is 0 Å². The Bertz CT molecular complexity index is 1080. The second kappa shape index (κ2) is 7.51.